The van der Waals surface area contributed by atoms with E-state index in [4.69, 9.17) is 4.74 Å². The summed E-state index contributed by atoms with van der Waals surface area (Å²) in [5, 5.41) is 0. The van der Waals surface area contributed by atoms with Crippen LogP contribution in [0.25, 0.3) is 0 Å². The molecule has 0 atom stereocenters. The summed E-state index contributed by atoms with van der Waals surface area (Å²) < 4.78 is 5.29. The Bertz CT molecular complexity index is 345. The van der Waals surface area contributed by atoms with Crippen LogP contribution < -0.4 is 0 Å². The van der Waals surface area contributed by atoms with Crippen LogP contribution in [0.15, 0.2) is 12.1 Å². The molecule has 15 heavy (non-hydrogen) atoms. The van der Waals surface area contributed by atoms with Gasteiger partial charge < -0.3 is 4.74 Å². The number of hydrogen-bond acceptors (Lipinski definition) is 3. The molecule has 0 aliphatic rings. The van der Waals surface area contributed by atoms with Crippen molar-refractivity contribution in [1.82, 2.24) is 0 Å². The van der Waals surface area contributed by atoms with E-state index < -0.39 is 5.60 Å². The summed E-state index contributed by atoms with van der Waals surface area (Å²) in [5.41, 5.74) is -0.418. The number of rotatable bonds is 2. The maximum Gasteiger partial charge on any atom is 0.348 e. The first-order valence-electron chi connectivity index (χ1n) is 5.12. The Morgan fingerprint density at radius 3 is 2.33 bits per heavy atom. The SMILES string of the molecule is CC(C)c1ccc(C(=O)OC(C)(C)C)s1. The van der Waals surface area contributed by atoms with Crippen molar-refractivity contribution in [2.45, 2.75) is 46.1 Å². The van der Waals surface area contributed by atoms with E-state index in [1.165, 1.54) is 16.2 Å². The number of ether oxygens (including phenoxy) is 1. The highest BCUT2D eigenvalue weighted by Crippen LogP contribution is 2.25. The molecule has 84 valence electrons. The van der Waals surface area contributed by atoms with Crippen molar-refractivity contribution in [1.29, 1.82) is 0 Å². The zero-order valence-corrected chi connectivity index (χ0v) is 10.8. The lowest BCUT2D eigenvalue weighted by Gasteiger charge is -2.18. The van der Waals surface area contributed by atoms with Gasteiger partial charge in [0, 0.05) is 4.88 Å². The van der Waals surface area contributed by atoms with Gasteiger partial charge in [0.05, 0.1) is 0 Å². The average Bonchev–Trinajstić information content (AvgIpc) is 2.47. The van der Waals surface area contributed by atoms with Gasteiger partial charge in [-0.3, -0.25) is 0 Å². The quantitative estimate of drug-likeness (QED) is 0.716. The lowest BCUT2D eigenvalue weighted by molar-refractivity contribution is 0.00752. The van der Waals surface area contributed by atoms with Gasteiger partial charge in [-0.05, 0) is 38.8 Å². The predicted molar refractivity (Wildman–Crippen MR) is 63.6 cm³/mol. The fourth-order valence-corrected chi connectivity index (χ4v) is 1.99. The van der Waals surface area contributed by atoms with Crippen molar-refractivity contribution in [2.24, 2.45) is 0 Å². The molecule has 0 aliphatic heterocycles. The Balaban J connectivity index is 2.75. The third kappa shape index (κ3) is 3.67. The fourth-order valence-electron chi connectivity index (χ4n) is 1.10. The Morgan fingerprint density at radius 2 is 1.93 bits per heavy atom. The lowest BCUT2D eigenvalue weighted by Crippen LogP contribution is -2.23. The van der Waals surface area contributed by atoms with E-state index in [0.29, 0.717) is 10.8 Å². The smallest absolute Gasteiger partial charge is 0.348 e. The van der Waals surface area contributed by atoms with Crippen molar-refractivity contribution in [3.8, 4) is 0 Å². The Labute approximate surface area is 95.3 Å². The molecule has 2 nitrogen and oxygen atoms in total. The molecule has 0 radical (unpaired) electrons. The van der Waals surface area contributed by atoms with E-state index in [1.54, 1.807) is 0 Å². The molecule has 0 aliphatic carbocycles. The van der Waals surface area contributed by atoms with Crippen molar-refractivity contribution in [3.05, 3.63) is 21.9 Å². The van der Waals surface area contributed by atoms with Gasteiger partial charge in [-0.15, -0.1) is 11.3 Å². The molecule has 1 rings (SSSR count). The van der Waals surface area contributed by atoms with E-state index in [-0.39, 0.29) is 5.97 Å². The molecule has 0 fully saturated rings. The Kier molecular flexibility index (Phi) is 3.55. The van der Waals surface area contributed by atoms with Gasteiger partial charge >= 0.3 is 5.97 Å². The van der Waals surface area contributed by atoms with Gasteiger partial charge in [0.1, 0.15) is 10.5 Å². The van der Waals surface area contributed by atoms with Crippen LogP contribution in [0.2, 0.25) is 0 Å². The van der Waals surface area contributed by atoms with Gasteiger partial charge in [-0.25, -0.2) is 4.79 Å². The van der Waals surface area contributed by atoms with Crippen molar-refractivity contribution in [3.63, 3.8) is 0 Å². The van der Waals surface area contributed by atoms with Crippen LogP contribution in [0, 0.1) is 0 Å². The normalized spacial score (nSPS) is 11.9. The summed E-state index contributed by atoms with van der Waals surface area (Å²) >= 11 is 1.52. The molecule has 0 unspecified atom stereocenters. The summed E-state index contributed by atoms with van der Waals surface area (Å²) in [6.07, 6.45) is 0. The van der Waals surface area contributed by atoms with Crippen molar-refractivity contribution in [2.75, 3.05) is 0 Å². The van der Waals surface area contributed by atoms with E-state index >= 15 is 0 Å². The highest BCUT2D eigenvalue weighted by molar-refractivity contribution is 7.14. The zero-order valence-electron chi connectivity index (χ0n) is 9.96. The van der Waals surface area contributed by atoms with Crippen LogP contribution in [0.5, 0.6) is 0 Å². The molecule has 0 saturated heterocycles. The zero-order chi connectivity index (χ0) is 11.6. The first-order chi connectivity index (χ1) is 6.79. The van der Waals surface area contributed by atoms with E-state index in [2.05, 4.69) is 13.8 Å². The van der Waals surface area contributed by atoms with E-state index in [9.17, 15) is 4.79 Å². The van der Waals surface area contributed by atoms with Gasteiger partial charge in [0.15, 0.2) is 0 Å². The minimum Gasteiger partial charge on any atom is -0.456 e. The molecular formula is C12H18O2S. The number of esters is 1. The summed E-state index contributed by atoms with van der Waals surface area (Å²) in [4.78, 5) is 13.6. The van der Waals surface area contributed by atoms with Crippen molar-refractivity contribution >= 4 is 17.3 Å². The van der Waals surface area contributed by atoms with Gasteiger partial charge in [-0.1, -0.05) is 13.8 Å². The molecule has 0 spiro atoms. The van der Waals surface area contributed by atoms with Gasteiger partial charge in [0.2, 0.25) is 0 Å². The molecule has 0 N–H and O–H groups in total. The molecule has 0 amide bonds. The third-order valence-corrected chi connectivity index (χ3v) is 3.16. The van der Waals surface area contributed by atoms with Crippen LogP contribution in [0.4, 0.5) is 0 Å². The summed E-state index contributed by atoms with van der Waals surface area (Å²) in [6, 6.07) is 3.84. The van der Waals surface area contributed by atoms with Crippen LogP contribution in [-0.2, 0) is 4.74 Å². The second-order valence-electron chi connectivity index (χ2n) is 4.86. The topological polar surface area (TPSA) is 26.3 Å². The monoisotopic (exact) mass is 226 g/mol. The molecule has 3 heteroatoms. The highest BCUT2D eigenvalue weighted by atomic mass is 32.1. The average molecular weight is 226 g/mol. The molecule has 1 aromatic heterocycles. The molecule has 0 aromatic carbocycles. The Morgan fingerprint density at radius 1 is 1.33 bits per heavy atom. The number of thiophene rings is 1. The first kappa shape index (κ1) is 12.2. The van der Waals surface area contributed by atoms with E-state index in [0.717, 1.165) is 0 Å². The Hall–Kier alpha value is -0.830. The van der Waals surface area contributed by atoms with Gasteiger partial charge in [0.25, 0.3) is 0 Å². The fraction of sp³-hybridized carbons (Fsp3) is 0.583. The number of hydrogen-bond donors (Lipinski definition) is 0. The maximum absolute atomic E-state index is 11.7. The maximum atomic E-state index is 11.7. The van der Waals surface area contributed by atoms with Crippen LogP contribution in [0.1, 0.15) is 55.1 Å². The van der Waals surface area contributed by atoms with E-state index in [1.807, 2.05) is 32.9 Å². The molecule has 0 bridgehead atoms. The predicted octanol–water partition coefficient (Wildman–Crippen LogP) is 3.83. The number of carbonyl (C=O) groups excluding carboxylic acids is 1. The van der Waals surface area contributed by atoms with Crippen LogP contribution >= 0.6 is 11.3 Å². The summed E-state index contributed by atoms with van der Waals surface area (Å²) in [7, 11) is 0. The largest absolute Gasteiger partial charge is 0.456 e. The standard InChI is InChI=1S/C12H18O2S/c1-8(2)9-6-7-10(15-9)11(13)14-12(3,4)5/h6-8H,1-5H3. The van der Waals surface area contributed by atoms with Crippen LogP contribution in [-0.4, -0.2) is 11.6 Å². The van der Waals surface area contributed by atoms with Crippen molar-refractivity contribution < 1.29 is 9.53 Å². The minimum absolute atomic E-state index is 0.223. The second-order valence-corrected chi connectivity index (χ2v) is 5.97. The van der Waals surface area contributed by atoms with Crippen LogP contribution in [0.3, 0.4) is 0 Å². The van der Waals surface area contributed by atoms with Gasteiger partial charge in [-0.2, -0.15) is 0 Å². The second kappa shape index (κ2) is 4.35. The summed E-state index contributed by atoms with van der Waals surface area (Å²) in [5.74, 6) is 0.241. The minimum atomic E-state index is -0.418. The molecule has 1 aromatic rings. The highest BCUT2D eigenvalue weighted by Gasteiger charge is 2.19. The molecule has 1 heterocycles. The molecule has 0 saturated carbocycles. The molecular weight excluding hydrogens is 208 g/mol. The third-order valence-electron chi connectivity index (χ3n) is 1.80. The summed E-state index contributed by atoms with van der Waals surface area (Å²) in [6.45, 7) is 9.86. The number of carbonyl (C=O) groups is 1. The lowest BCUT2D eigenvalue weighted by atomic mass is 10.2. The first-order valence-corrected chi connectivity index (χ1v) is 5.94.